The van der Waals surface area contributed by atoms with Crippen molar-refractivity contribution in [1.82, 2.24) is 10.0 Å². The number of hydrogen-bond acceptors (Lipinski definition) is 3. The molecule has 1 aliphatic carbocycles. The Morgan fingerprint density at radius 2 is 1.68 bits per heavy atom. The van der Waals surface area contributed by atoms with Crippen LogP contribution in [0.25, 0.3) is 0 Å². The van der Waals surface area contributed by atoms with Crippen LogP contribution in [0.4, 0.5) is 4.39 Å². The Hall–Kier alpha value is 0.0900. The summed E-state index contributed by atoms with van der Waals surface area (Å²) in [5, 5.41) is 3.39. The molecule has 4 nitrogen and oxygen atoms in total. The van der Waals surface area contributed by atoms with E-state index in [-0.39, 0.29) is 24.6 Å². The first kappa shape index (κ1) is 19.1. The summed E-state index contributed by atoms with van der Waals surface area (Å²) < 4.78 is 37.2. The highest BCUT2D eigenvalue weighted by Gasteiger charge is 2.12. The van der Waals surface area contributed by atoms with E-state index < -0.39 is 16.7 Å². The minimum Gasteiger partial charge on any atom is -0.313 e. The molecule has 1 rings (SSSR count). The van der Waals surface area contributed by atoms with Crippen molar-refractivity contribution in [3.8, 4) is 0 Å². The van der Waals surface area contributed by atoms with Crippen molar-refractivity contribution in [1.29, 1.82) is 0 Å². The van der Waals surface area contributed by atoms with Crippen LogP contribution < -0.4 is 10.0 Å². The largest absolute Gasteiger partial charge is 0.313 e. The van der Waals surface area contributed by atoms with E-state index in [0.717, 1.165) is 0 Å². The van der Waals surface area contributed by atoms with Gasteiger partial charge in [-0.05, 0) is 19.3 Å². The van der Waals surface area contributed by atoms with E-state index in [1.54, 1.807) is 0 Å². The van der Waals surface area contributed by atoms with E-state index in [1.165, 1.54) is 38.5 Å². The normalized spacial score (nSPS) is 17.7. The van der Waals surface area contributed by atoms with E-state index in [0.29, 0.717) is 19.1 Å². The van der Waals surface area contributed by atoms with Crippen molar-refractivity contribution in [3.05, 3.63) is 0 Å². The summed E-state index contributed by atoms with van der Waals surface area (Å²) in [5.74, 6) is -0.118. The molecule has 0 heterocycles. The fourth-order valence-corrected chi connectivity index (χ4v) is 3.33. The minimum absolute atomic E-state index is 0. The van der Waals surface area contributed by atoms with Crippen molar-refractivity contribution < 1.29 is 12.8 Å². The molecule has 0 aromatic heterocycles. The van der Waals surface area contributed by atoms with Gasteiger partial charge in [-0.2, -0.15) is 0 Å². The molecular formula is C12H26ClFN2O2S. The Morgan fingerprint density at radius 1 is 1.05 bits per heavy atom. The molecule has 0 radical (unpaired) electrons. The first-order valence-electron chi connectivity index (χ1n) is 6.91. The third-order valence-electron chi connectivity index (χ3n) is 3.28. The molecule has 1 aliphatic rings. The molecule has 19 heavy (non-hydrogen) atoms. The van der Waals surface area contributed by atoms with Crippen LogP contribution in [-0.4, -0.2) is 40.0 Å². The number of hydrogen-bond donors (Lipinski definition) is 2. The average molecular weight is 317 g/mol. The summed E-state index contributed by atoms with van der Waals surface area (Å²) in [6.07, 6.45) is 7.61. The van der Waals surface area contributed by atoms with Gasteiger partial charge >= 0.3 is 0 Å². The Labute approximate surface area is 122 Å². The molecule has 7 heteroatoms. The van der Waals surface area contributed by atoms with Crippen LogP contribution in [0.1, 0.15) is 44.9 Å². The highest BCUT2D eigenvalue weighted by Crippen LogP contribution is 2.16. The van der Waals surface area contributed by atoms with Gasteiger partial charge in [-0.1, -0.05) is 25.7 Å². The molecule has 116 valence electrons. The fraction of sp³-hybridized carbons (Fsp3) is 1.00. The van der Waals surface area contributed by atoms with Gasteiger partial charge < -0.3 is 5.32 Å². The molecule has 0 atom stereocenters. The maximum Gasteiger partial charge on any atom is 0.211 e. The predicted octanol–water partition coefficient (Wildman–Crippen LogP) is 2.00. The van der Waals surface area contributed by atoms with E-state index in [1.807, 2.05) is 0 Å². The second-order valence-electron chi connectivity index (χ2n) is 4.90. The van der Waals surface area contributed by atoms with Crippen LogP contribution in [-0.2, 0) is 10.0 Å². The van der Waals surface area contributed by atoms with Gasteiger partial charge in [0.1, 0.15) is 0 Å². The van der Waals surface area contributed by atoms with Gasteiger partial charge in [0.2, 0.25) is 10.0 Å². The van der Waals surface area contributed by atoms with Gasteiger partial charge in [0.25, 0.3) is 0 Å². The van der Waals surface area contributed by atoms with E-state index in [2.05, 4.69) is 10.0 Å². The monoisotopic (exact) mass is 316 g/mol. The SMILES string of the molecule is Cl.O=S(=O)(CCCF)NCCNC1CCCCCC1. The smallest absolute Gasteiger partial charge is 0.211 e. The number of nitrogens with one attached hydrogen (secondary N) is 2. The van der Waals surface area contributed by atoms with Gasteiger partial charge in [-0.25, -0.2) is 13.1 Å². The number of sulfonamides is 1. The Morgan fingerprint density at radius 3 is 2.26 bits per heavy atom. The average Bonchev–Trinajstić information content (AvgIpc) is 2.61. The van der Waals surface area contributed by atoms with Crippen molar-refractivity contribution >= 4 is 22.4 Å². The van der Waals surface area contributed by atoms with Gasteiger partial charge in [-0.15, -0.1) is 12.4 Å². The summed E-state index contributed by atoms with van der Waals surface area (Å²) in [5.41, 5.74) is 0. The molecule has 0 amide bonds. The zero-order valence-corrected chi connectivity index (χ0v) is 13.0. The first-order valence-corrected chi connectivity index (χ1v) is 8.56. The van der Waals surface area contributed by atoms with Crippen LogP contribution in [0.2, 0.25) is 0 Å². The number of halogens is 2. The van der Waals surface area contributed by atoms with Crippen molar-refractivity contribution in [2.24, 2.45) is 0 Å². The number of rotatable bonds is 8. The van der Waals surface area contributed by atoms with Crippen molar-refractivity contribution in [2.75, 3.05) is 25.5 Å². The summed E-state index contributed by atoms with van der Waals surface area (Å²) >= 11 is 0. The Bertz CT molecular complexity index is 307. The van der Waals surface area contributed by atoms with Crippen LogP contribution >= 0.6 is 12.4 Å². The lowest BCUT2D eigenvalue weighted by molar-refractivity contribution is 0.460. The molecule has 0 spiro atoms. The molecule has 1 saturated carbocycles. The zero-order chi connectivity index (χ0) is 13.3. The van der Waals surface area contributed by atoms with E-state index in [4.69, 9.17) is 0 Å². The molecular weight excluding hydrogens is 291 g/mol. The molecule has 2 N–H and O–H groups in total. The lowest BCUT2D eigenvalue weighted by atomic mass is 10.1. The van der Waals surface area contributed by atoms with Crippen LogP contribution in [0.5, 0.6) is 0 Å². The summed E-state index contributed by atoms with van der Waals surface area (Å²) in [4.78, 5) is 0. The lowest BCUT2D eigenvalue weighted by Gasteiger charge is -2.16. The summed E-state index contributed by atoms with van der Waals surface area (Å²) in [7, 11) is -3.28. The van der Waals surface area contributed by atoms with Crippen molar-refractivity contribution in [2.45, 2.75) is 51.0 Å². The first-order chi connectivity index (χ1) is 8.64. The Kier molecular flexibility index (Phi) is 10.9. The lowest BCUT2D eigenvalue weighted by Crippen LogP contribution is -2.37. The molecule has 0 saturated heterocycles. The molecule has 0 bridgehead atoms. The predicted molar refractivity (Wildman–Crippen MR) is 79.1 cm³/mol. The summed E-state index contributed by atoms with van der Waals surface area (Å²) in [6, 6.07) is 0.530. The molecule has 1 fully saturated rings. The maximum atomic E-state index is 11.9. The fourth-order valence-electron chi connectivity index (χ4n) is 2.28. The summed E-state index contributed by atoms with van der Waals surface area (Å²) in [6.45, 7) is 0.464. The third-order valence-corrected chi connectivity index (χ3v) is 4.75. The van der Waals surface area contributed by atoms with Gasteiger partial charge in [-0.3, -0.25) is 4.39 Å². The second-order valence-corrected chi connectivity index (χ2v) is 6.82. The third kappa shape index (κ3) is 9.60. The minimum atomic E-state index is -3.28. The van der Waals surface area contributed by atoms with Crippen molar-refractivity contribution in [3.63, 3.8) is 0 Å². The molecule has 0 aromatic carbocycles. The number of alkyl halides is 1. The second kappa shape index (κ2) is 10.8. The highest BCUT2D eigenvalue weighted by atomic mass is 35.5. The zero-order valence-electron chi connectivity index (χ0n) is 11.4. The standard InChI is InChI=1S/C12H25FN2O2S.ClH/c13-8-5-11-18(16,17)15-10-9-14-12-6-3-1-2-4-7-12;/h12,14-15H,1-11H2;1H. The van der Waals surface area contributed by atoms with Crippen LogP contribution in [0, 0.1) is 0 Å². The van der Waals surface area contributed by atoms with Gasteiger partial charge in [0, 0.05) is 19.1 Å². The highest BCUT2D eigenvalue weighted by molar-refractivity contribution is 7.89. The Balaban J connectivity index is 0.00000324. The van der Waals surface area contributed by atoms with Crippen LogP contribution in [0.3, 0.4) is 0 Å². The van der Waals surface area contributed by atoms with Crippen LogP contribution in [0.15, 0.2) is 0 Å². The quantitative estimate of drug-likeness (QED) is 0.532. The van der Waals surface area contributed by atoms with Gasteiger partial charge in [0.05, 0.1) is 12.4 Å². The molecule has 0 unspecified atom stereocenters. The molecule has 0 aliphatic heterocycles. The van der Waals surface area contributed by atoms with E-state index in [9.17, 15) is 12.8 Å². The molecule has 0 aromatic rings. The maximum absolute atomic E-state index is 11.9. The van der Waals surface area contributed by atoms with E-state index >= 15 is 0 Å². The topological polar surface area (TPSA) is 58.2 Å². The van der Waals surface area contributed by atoms with Gasteiger partial charge in [0.15, 0.2) is 0 Å².